The number of allylic oxidation sites excluding steroid dienone is 1. The van der Waals surface area contributed by atoms with Crippen molar-refractivity contribution in [3.05, 3.63) is 41.5 Å². The number of fused-ring (bicyclic) bond motifs is 5. The summed E-state index contributed by atoms with van der Waals surface area (Å²) in [5.74, 6) is 4.53. The number of ether oxygens (including phenoxy) is 2. The van der Waals surface area contributed by atoms with Gasteiger partial charge in [0.15, 0.2) is 12.4 Å². The Kier molecular flexibility index (Phi) is 11.1. The maximum Gasteiger partial charge on any atom is 0.297 e. The Morgan fingerprint density at radius 3 is 2.39 bits per heavy atom. The van der Waals surface area contributed by atoms with Crippen LogP contribution in [-0.2, 0) is 23.8 Å². The highest BCUT2D eigenvalue weighted by molar-refractivity contribution is 7.86. The van der Waals surface area contributed by atoms with Crippen LogP contribution in [0.15, 0.2) is 40.8 Å². The number of benzene rings is 1. The molecule has 0 spiro atoms. The highest BCUT2D eigenvalue weighted by Crippen LogP contribution is 2.67. The normalized spacial score (nSPS) is 41.5. The molecule has 49 heavy (non-hydrogen) atoms. The lowest BCUT2D eigenvalue weighted by atomic mass is 9.47. The van der Waals surface area contributed by atoms with Crippen LogP contribution in [0.2, 0.25) is 0 Å². The second-order valence-electron chi connectivity index (χ2n) is 17.3. The molecule has 1 aliphatic heterocycles. The van der Waals surface area contributed by atoms with Crippen molar-refractivity contribution < 1.29 is 37.4 Å². The van der Waals surface area contributed by atoms with E-state index in [-0.39, 0.29) is 16.4 Å². The van der Waals surface area contributed by atoms with Crippen molar-refractivity contribution in [1.82, 2.24) is 0 Å². The molecule has 4 fully saturated rings. The Balaban J connectivity index is 1.15. The molecular weight excluding hydrogens is 640 g/mol. The van der Waals surface area contributed by atoms with Gasteiger partial charge >= 0.3 is 0 Å². The molecular formula is C40H62O8S. The molecule has 13 atom stereocenters. The number of aliphatic hydroxyl groups excluding tert-OH is 3. The Morgan fingerprint density at radius 1 is 0.959 bits per heavy atom. The molecule has 8 nitrogen and oxygen atoms in total. The second-order valence-corrected chi connectivity index (χ2v) is 18.9. The first-order valence-corrected chi connectivity index (χ1v) is 20.6. The first-order valence-electron chi connectivity index (χ1n) is 19.1. The second kappa shape index (κ2) is 14.6. The van der Waals surface area contributed by atoms with Crippen LogP contribution >= 0.6 is 0 Å². The fraction of sp³-hybridized carbons (Fsp3) is 0.800. The third kappa shape index (κ3) is 7.21. The van der Waals surface area contributed by atoms with Crippen molar-refractivity contribution in [1.29, 1.82) is 0 Å². The number of aliphatic hydroxyl groups is 3. The summed E-state index contributed by atoms with van der Waals surface area (Å²) in [6, 6.07) is 6.23. The van der Waals surface area contributed by atoms with Gasteiger partial charge in [-0.05, 0) is 117 Å². The molecule has 0 radical (unpaired) electrons. The Hall–Kier alpha value is -1.33. The molecule has 0 aromatic heterocycles. The van der Waals surface area contributed by atoms with E-state index in [9.17, 15) is 23.7 Å². The largest absolute Gasteiger partial charge is 0.394 e. The van der Waals surface area contributed by atoms with E-state index in [0.717, 1.165) is 48.5 Å². The molecule has 5 aliphatic rings. The van der Waals surface area contributed by atoms with E-state index in [1.54, 1.807) is 12.1 Å². The minimum Gasteiger partial charge on any atom is -0.394 e. The van der Waals surface area contributed by atoms with E-state index in [4.69, 9.17) is 13.7 Å². The Labute approximate surface area is 295 Å². The summed E-state index contributed by atoms with van der Waals surface area (Å²) in [5, 5.41) is 31.6. The van der Waals surface area contributed by atoms with Gasteiger partial charge in [-0.15, -0.1) is 0 Å². The van der Waals surface area contributed by atoms with Crippen LogP contribution in [0.5, 0.6) is 0 Å². The zero-order valence-corrected chi connectivity index (χ0v) is 31.4. The zero-order valence-electron chi connectivity index (χ0n) is 30.6. The van der Waals surface area contributed by atoms with Crippen LogP contribution in [0.25, 0.3) is 0 Å². The van der Waals surface area contributed by atoms with Gasteiger partial charge in [0.2, 0.25) is 0 Å². The topological polar surface area (TPSA) is 123 Å². The molecule has 1 heterocycles. The highest BCUT2D eigenvalue weighted by atomic mass is 32.2. The third-order valence-corrected chi connectivity index (χ3v) is 15.3. The maximum atomic E-state index is 13.3. The minimum absolute atomic E-state index is 0.0593. The Bertz CT molecular complexity index is 1430. The molecule has 4 unspecified atom stereocenters. The van der Waals surface area contributed by atoms with E-state index in [2.05, 4.69) is 40.7 Å². The zero-order chi connectivity index (χ0) is 35.3. The molecule has 3 saturated carbocycles. The molecule has 276 valence electrons. The fourth-order valence-electron chi connectivity index (χ4n) is 11.1. The van der Waals surface area contributed by atoms with E-state index in [1.807, 2.05) is 6.92 Å². The molecule has 9 heteroatoms. The number of rotatable bonds is 11. The van der Waals surface area contributed by atoms with E-state index >= 15 is 0 Å². The lowest BCUT2D eigenvalue weighted by Gasteiger charge is -2.58. The van der Waals surface area contributed by atoms with Crippen LogP contribution < -0.4 is 0 Å². The summed E-state index contributed by atoms with van der Waals surface area (Å²) < 4.78 is 44.5. The molecule has 1 aromatic rings. The van der Waals surface area contributed by atoms with Crippen molar-refractivity contribution in [2.24, 2.45) is 46.3 Å². The lowest BCUT2D eigenvalue weighted by molar-refractivity contribution is -0.307. The number of hydrogen-bond acceptors (Lipinski definition) is 8. The fourth-order valence-corrected chi connectivity index (χ4v) is 12.2. The van der Waals surface area contributed by atoms with Crippen molar-refractivity contribution in [3.8, 4) is 0 Å². The molecule has 1 aromatic carbocycles. The van der Waals surface area contributed by atoms with Gasteiger partial charge in [-0.3, -0.25) is 4.18 Å². The Morgan fingerprint density at radius 2 is 1.69 bits per heavy atom. The standard InChI is InChI=1S/C40H62O8S/c1-24(2)8-7-9-26(4)31-16-17-32-30-15-12-27-22-28(18-20-39(27,5)33(30)19-21-40(31,32)6)46-38-37(36(43)35(42)34(23-41)47-38)48-49(44,45)29-13-10-25(3)11-14-29/h10-14,24,26,28,30-38,41-43H,7-9,15-23H2,1-6H3/t26-,28?,30?,31-,32?,33?,34-,35-,36+,37-,38-,39+,40-/m1/s1. The van der Waals surface area contributed by atoms with Crippen molar-refractivity contribution in [3.63, 3.8) is 0 Å². The van der Waals surface area contributed by atoms with Gasteiger partial charge in [-0.2, -0.15) is 8.42 Å². The van der Waals surface area contributed by atoms with Gasteiger partial charge < -0.3 is 24.8 Å². The van der Waals surface area contributed by atoms with Gasteiger partial charge in [0.1, 0.15) is 18.3 Å². The van der Waals surface area contributed by atoms with Crippen molar-refractivity contribution >= 4 is 10.1 Å². The maximum absolute atomic E-state index is 13.3. The predicted molar refractivity (Wildman–Crippen MR) is 189 cm³/mol. The van der Waals surface area contributed by atoms with E-state index < -0.39 is 47.4 Å². The molecule has 4 aliphatic carbocycles. The minimum atomic E-state index is -4.31. The SMILES string of the molecule is Cc1ccc(S(=O)(=O)O[C@H]2[C@H](OC3CC[C@@]4(C)C(=CCC5C4CC[C@@]4(C)C5CC[C@@H]4[C@H](C)CCCC(C)C)C3)O[C@H](CO)[C@@H](O)[C@@H]2O)cc1. The lowest BCUT2D eigenvalue weighted by Crippen LogP contribution is -2.61. The number of hydrogen-bond donors (Lipinski definition) is 3. The van der Waals surface area contributed by atoms with Crippen LogP contribution in [0, 0.1) is 53.3 Å². The molecule has 0 bridgehead atoms. The van der Waals surface area contributed by atoms with Gasteiger partial charge in [-0.25, -0.2) is 0 Å². The van der Waals surface area contributed by atoms with Crippen molar-refractivity contribution in [2.75, 3.05) is 6.61 Å². The quantitative estimate of drug-likeness (QED) is 0.168. The van der Waals surface area contributed by atoms with Crippen molar-refractivity contribution in [2.45, 2.75) is 154 Å². The monoisotopic (exact) mass is 702 g/mol. The molecule has 6 rings (SSSR count). The first-order chi connectivity index (χ1) is 23.2. The van der Waals surface area contributed by atoms with Crippen LogP contribution in [-0.4, -0.2) is 67.2 Å². The molecule has 3 N–H and O–H groups in total. The smallest absolute Gasteiger partial charge is 0.297 e. The van der Waals surface area contributed by atoms with Gasteiger partial charge in [0.05, 0.1) is 17.6 Å². The predicted octanol–water partition coefficient (Wildman–Crippen LogP) is 6.93. The molecule has 1 saturated heterocycles. The highest BCUT2D eigenvalue weighted by Gasteiger charge is 2.59. The van der Waals surface area contributed by atoms with E-state index in [0.29, 0.717) is 23.7 Å². The summed E-state index contributed by atoms with van der Waals surface area (Å²) in [7, 11) is -4.31. The third-order valence-electron chi connectivity index (χ3n) is 14.0. The number of aryl methyl sites for hydroxylation is 1. The van der Waals surface area contributed by atoms with Gasteiger partial charge in [0.25, 0.3) is 10.1 Å². The van der Waals surface area contributed by atoms with Crippen LogP contribution in [0.4, 0.5) is 0 Å². The summed E-state index contributed by atoms with van der Waals surface area (Å²) >= 11 is 0. The summed E-state index contributed by atoms with van der Waals surface area (Å²) in [6.45, 7) is 13.6. The molecule has 0 amide bonds. The average Bonchev–Trinajstić information content (AvgIpc) is 3.42. The van der Waals surface area contributed by atoms with Gasteiger partial charge in [0, 0.05) is 0 Å². The summed E-state index contributed by atoms with van der Waals surface area (Å²) in [6.07, 6.45) is 8.03. The van der Waals surface area contributed by atoms with Gasteiger partial charge in [-0.1, -0.05) is 83.2 Å². The summed E-state index contributed by atoms with van der Waals surface area (Å²) in [5.41, 5.74) is 2.85. The van der Waals surface area contributed by atoms with E-state index in [1.165, 1.54) is 62.7 Å². The summed E-state index contributed by atoms with van der Waals surface area (Å²) in [4.78, 5) is -0.0593. The average molecular weight is 703 g/mol. The van der Waals surface area contributed by atoms with Crippen LogP contribution in [0.3, 0.4) is 0 Å². The first kappa shape index (κ1) is 37.4. The van der Waals surface area contributed by atoms with Crippen LogP contribution in [0.1, 0.15) is 111 Å².